The molecule has 3 aromatic rings. The van der Waals surface area contributed by atoms with Crippen LogP contribution < -0.4 is 9.64 Å². The predicted octanol–water partition coefficient (Wildman–Crippen LogP) is 7.85. The van der Waals surface area contributed by atoms with Gasteiger partial charge in [-0.25, -0.2) is 9.18 Å². The van der Waals surface area contributed by atoms with Crippen LogP contribution in [0.5, 0.6) is 5.75 Å². The number of aliphatic carboxylic acids is 1. The Morgan fingerprint density at radius 1 is 1.00 bits per heavy atom. The molecule has 1 aliphatic rings. The minimum atomic E-state index is -4.28. The van der Waals surface area contributed by atoms with E-state index in [1.807, 2.05) is 24.0 Å². The van der Waals surface area contributed by atoms with Crippen LogP contribution >= 0.6 is 0 Å². The van der Waals surface area contributed by atoms with Crippen molar-refractivity contribution in [1.29, 1.82) is 0 Å². The molecule has 2 aromatic carbocycles. The summed E-state index contributed by atoms with van der Waals surface area (Å²) in [6.45, 7) is 9.38. The van der Waals surface area contributed by atoms with E-state index in [0.717, 1.165) is 11.1 Å². The fourth-order valence-corrected chi connectivity index (χ4v) is 5.51. The number of carbonyl (C=O) groups is 1. The van der Waals surface area contributed by atoms with Gasteiger partial charge in [-0.05, 0) is 82.9 Å². The van der Waals surface area contributed by atoms with Gasteiger partial charge in [0.15, 0.2) is 6.10 Å². The van der Waals surface area contributed by atoms with Gasteiger partial charge in [0.05, 0.1) is 23.8 Å². The molecule has 0 aliphatic carbocycles. The molecule has 1 atom stereocenters. The topological polar surface area (TPSA) is 71.9 Å². The van der Waals surface area contributed by atoms with E-state index in [1.165, 1.54) is 12.1 Å². The molecule has 0 spiro atoms. The van der Waals surface area contributed by atoms with Crippen molar-refractivity contribution in [2.75, 3.05) is 24.6 Å². The minimum absolute atomic E-state index is 0.0957. The van der Waals surface area contributed by atoms with Crippen LogP contribution in [0.15, 0.2) is 48.5 Å². The molecule has 0 saturated carbocycles. The molecule has 1 N–H and O–H groups in total. The van der Waals surface area contributed by atoms with Crippen LogP contribution in [0, 0.1) is 25.6 Å². The third-order valence-electron chi connectivity index (χ3n) is 7.53. The zero-order valence-corrected chi connectivity index (χ0v) is 25.1. The molecule has 0 bridgehead atoms. The van der Waals surface area contributed by atoms with Crippen LogP contribution in [0.3, 0.4) is 0 Å². The lowest BCUT2D eigenvalue weighted by molar-refractivity contribution is -0.179. The van der Waals surface area contributed by atoms with Gasteiger partial charge in [0.1, 0.15) is 11.6 Å². The second-order valence-electron chi connectivity index (χ2n) is 11.9. The standard InChI is InChI=1S/C33H38F4N2O4/c1-20-27(23-8-12-26(13-9-23)42-19-16-22-6-10-25(34)11-7-22)29(39-17-14-24(15-18-39)33(35,36)37)28(21(2)38-20)30(31(40)41)43-32(3,4)5/h6-13,24,30H,14-19H2,1-5H3,(H,40,41). The Kier molecular flexibility index (Phi) is 9.69. The van der Waals surface area contributed by atoms with Crippen molar-refractivity contribution in [1.82, 2.24) is 4.98 Å². The molecule has 232 valence electrons. The molecule has 0 amide bonds. The van der Waals surface area contributed by atoms with E-state index in [-0.39, 0.29) is 31.7 Å². The Hall–Kier alpha value is -3.66. The van der Waals surface area contributed by atoms with Gasteiger partial charge < -0.3 is 19.5 Å². The zero-order chi connectivity index (χ0) is 31.5. The fourth-order valence-electron chi connectivity index (χ4n) is 5.51. The number of alkyl halides is 3. The SMILES string of the molecule is Cc1nc(C)c(C(OC(C)(C)C)C(=O)O)c(N2CCC(C(F)(F)F)CC2)c1-c1ccc(OCCc2ccc(F)cc2)cc1. The van der Waals surface area contributed by atoms with E-state index >= 15 is 0 Å². The highest BCUT2D eigenvalue weighted by molar-refractivity contribution is 5.88. The van der Waals surface area contributed by atoms with E-state index < -0.39 is 29.8 Å². The normalized spacial score (nSPS) is 15.4. The number of aryl methyl sites for hydroxylation is 2. The van der Waals surface area contributed by atoms with Gasteiger partial charge in [-0.2, -0.15) is 13.2 Å². The summed E-state index contributed by atoms with van der Waals surface area (Å²) in [6.07, 6.45) is -5.26. The number of pyridine rings is 1. The quantitative estimate of drug-likeness (QED) is 0.252. The zero-order valence-electron chi connectivity index (χ0n) is 25.1. The van der Waals surface area contributed by atoms with Gasteiger partial charge in [0.2, 0.25) is 0 Å². The summed E-state index contributed by atoms with van der Waals surface area (Å²) >= 11 is 0. The Bertz CT molecular complexity index is 1410. The summed E-state index contributed by atoms with van der Waals surface area (Å²) in [5.74, 6) is -2.30. The number of carboxylic acids is 1. The highest BCUT2D eigenvalue weighted by atomic mass is 19.4. The summed E-state index contributed by atoms with van der Waals surface area (Å²) < 4.78 is 65.7. The van der Waals surface area contributed by atoms with Gasteiger partial charge in [-0.1, -0.05) is 24.3 Å². The smallest absolute Gasteiger partial charge is 0.391 e. The molecule has 2 heterocycles. The number of hydrogen-bond donors (Lipinski definition) is 1. The predicted molar refractivity (Wildman–Crippen MR) is 157 cm³/mol. The third kappa shape index (κ3) is 8.04. The van der Waals surface area contributed by atoms with Gasteiger partial charge in [-0.3, -0.25) is 4.98 Å². The molecule has 1 saturated heterocycles. The van der Waals surface area contributed by atoms with Gasteiger partial charge >= 0.3 is 12.1 Å². The summed E-state index contributed by atoms with van der Waals surface area (Å²) in [4.78, 5) is 19.1. The van der Waals surface area contributed by atoms with Crippen LogP contribution in [0.1, 0.15) is 62.2 Å². The fraction of sp³-hybridized carbons (Fsp3) is 0.455. The average molecular weight is 603 g/mol. The number of hydrogen-bond acceptors (Lipinski definition) is 5. The van der Waals surface area contributed by atoms with Crippen LogP contribution in [0.4, 0.5) is 23.2 Å². The molecule has 4 rings (SSSR count). The first kappa shape index (κ1) is 32.3. The Labute approximate surface area is 249 Å². The molecular formula is C33H38F4N2O4. The van der Waals surface area contributed by atoms with Crippen molar-refractivity contribution in [2.24, 2.45) is 5.92 Å². The van der Waals surface area contributed by atoms with E-state index in [2.05, 4.69) is 0 Å². The van der Waals surface area contributed by atoms with E-state index in [9.17, 15) is 27.5 Å². The number of ether oxygens (including phenoxy) is 2. The maximum Gasteiger partial charge on any atom is 0.391 e. The maximum absolute atomic E-state index is 13.5. The number of piperidine rings is 1. The molecule has 10 heteroatoms. The monoisotopic (exact) mass is 602 g/mol. The molecule has 1 aliphatic heterocycles. The first-order valence-corrected chi connectivity index (χ1v) is 14.3. The second-order valence-corrected chi connectivity index (χ2v) is 11.9. The van der Waals surface area contributed by atoms with E-state index in [1.54, 1.807) is 52.0 Å². The van der Waals surface area contributed by atoms with Crippen molar-refractivity contribution in [2.45, 2.75) is 71.8 Å². The van der Waals surface area contributed by atoms with Gasteiger partial charge in [-0.15, -0.1) is 0 Å². The van der Waals surface area contributed by atoms with Crippen molar-refractivity contribution in [3.05, 3.63) is 76.9 Å². The Morgan fingerprint density at radius 3 is 2.14 bits per heavy atom. The lowest BCUT2D eigenvalue weighted by Crippen LogP contribution is -2.40. The highest BCUT2D eigenvalue weighted by Crippen LogP contribution is 2.45. The van der Waals surface area contributed by atoms with Gasteiger partial charge in [0.25, 0.3) is 0 Å². The number of anilines is 1. The molecular weight excluding hydrogens is 564 g/mol. The molecule has 43 heavy (non-hydrogen) atoms. The molecule has 0 radical (unpaired) electrons. The van der Waals surface area contributed by atoms with E-state index in [0.29, 0.717) is 47.0 Å². The molecule has 6 nitrogen and oxygen atoms in total. The van der Waals surface area contributed by atoms with Crippen molar-refractivity contribution < 1.29 is 36.9 Å². The summed E-state index contributed by atoms with van der Waals surface area (Å²) in [5, 5.41) is 10.3. The summed E-state index contributed by atoms with van der Waals surface area (Å²) in [7, 11) is 0. The molecule has 1 unspecified atom stereocenters. The average Bonchev–Trinajstić information content (AvgIpc) is 2.92. The lowest BCUT2D eigenvalue weighted by atomic mass is 9.90. The van der Waals surface area contributed by atoms with Crippen molar-refractivity contribution >= 4 is 11.7 Å². The Balaban J connectivity index is 1.71. The van der Waals surface area contributed by atoms with Crippen LogP contribution in [-0.2, 0) is 16.0 Å². The largest absolute Gasteiger partial charge is 0.493 e. The number of aromatic nitrogens is 1. The third-order valence-corrected chi connectivity index (χ3v) is 7.53. The number of nitrogens with zero attached hydrogens (tertiary/aromatic N) is 2. The van der Waals surface area contributed by atoms with E-state index in [4.69, 9.17) is 14.5 Å². The minimum Gasteiger partial charge on any atom is -0.493 e. The van der Waals surface area contributed by atoms with Gasteiger partial charge in [0, 0.05) is 42.0 Å². The first-order valence-electron chi connectivity index (χ1n) is 14.3. The Morgan fingerprint density at radius 2 is 1.60 bits per heavy atom. The molecule has 1 fully saturated rings. The number of benzene rings is 2. The number of halogens is 4. The van der Waals surface area contributed by atoms with Crippen molar-refractivity contribution in [3.63, 3.8) is 0 Å². The van der Waals surface area contributed by atoms with Crippen molar-refractivity contribution in [3.8, 4) is 16.9 Å². The lowest BCUT2D eigenvalue weighted by Gasteiger charge is -2.38. The second kappa shape index (κ2) is 12.9. The van der Waals surface area contributed by atoms with Crippen LogP contribution in [0.25, 0.3) is 11.1 Å². The highest BCUT2D eigenvalue weighted by Gasteiger charge is 2.42. The number of carboxylic acid groups (broad SMARTS) is 1. The summed E-state index contributed by atoms with van der Waals surface area (Å²) in [6, 6.07) is 13.5. The first-order chi connectivity index (χ1) is 20.1. The summed E-state index contributed by atoms with van der Waals surface area (Å²) in [5.41, 5.74) is 3.45. The number of rotatable bonds is 9. The van der Waals surface area contributed by atoms with Crippen LogP contribution in [-0.4, -0.2) is 47.5 Å². The molecule has 1 aromatic heterocycles. The van der Waals surface area contributed by atoms with Crippen LogP contribution in [0.2, 0.25) is 0 Å². The maximum atomic E-state index is 13.5.